The van der Waals surface area contributed by atoms with E-state index < -0.39 is 0 Å². The van der Waals surface area contributed by atoms with Gasteiger partial charge in [-0.15, -0.1) is 0 Å². The number of carbonyl (C=O) groups excluding carboxylic acids is 2. The molecule has 242 valence electrons. The van der Waals surface area contributed by atoms with Gasteiger partial charge in [0, 0.05) is 46.7 Å². The zero-order chi connectivity index (χ0) is 30.2. The molecule has 0 spiro atoms. The lowest BCUT2D eigenvalue weighted by atomic mass is 10.2. The zero-order valence-corrected chi connectivity index (χ0v) is 27.6. The second kappa shape index (κ2) is 31.4. The van der Waals surface area contributed by atoms with Gasteiger partial charge in [0.05, 0.1) is 72.7 Å². The number of rotatable bonds is 31. The Morgan fingerprint density at radius 2 is 1.26 bits per heavy atom. The van der Waals surface area contributed by atoms with Crippen LogP contribution in [0.1, 0.15) is 38.5 Å². The molecule has 0 fully saturated rings. The van der Waals surface area contributed by atoms with Gasteiger partial charge in [0.2, 0.25) is 11.8 Å². The molecule has 1 aromatic rings. The number of pyridine rings is 1. The molecule has 0 radical (unpaired) electrons. The molecule has 14 heteroatoms. The number of unbranched alkanes of at least 4 members (excludes halogenated alkanes) is 3. The van der Waals surface area contributed by atoms with Crippen molar-refractivity contribution in [3.8, 4) is 0 Å². The molecule has 1 aromatic heterocycles. The maximum atomic E-state index is 11.8. The van der Waals surface area contributed by atoms with Gasteiger partial charge < -0.3 is 38.8 Å². The van der Waals surface area contributed by atoms with Crippen molar-refractivity contribution in [1.82, 2.24) is 15.6 Å². The van der Waals surface area contributed by atoms with Gasteiger partial charge in [0.25, 0.3) is 0 Å². The molecule has 42 heavy (non-hydrogen) atoms. The monoisotopic (exact) mass is 651 g/mol. The van der Waals surface area contributed by atoms with E-state index in [-0.39, 0.29) is 11.8 Å². The van der Waals surface area contributed by atoms with Crippen LogP contribution in [0.25, 0.3) is 0 Å². The van der Waals surface area contributed by atoms with E-state index in [1.165, 1.54) is 0 Å². The molecule has 1 atom stereocenters. The maximum absolute atomic E-state index is 11.8. The standard InChI is InChI=1S/C28H50N3O8PS2/c1-40-39-14-7-3-2-5-11-29-26(32)9-15-34-17-19-36-21-23-38-24-22-37-20-18-35-16-10-27(33)30-13-25-41-42-28-8-4-6-12-31-28/h4,6,8,12,40H,2-3,5,7,9-11,13-25H2,1H3,(H,29,32)(H,30,33). The van der Waals surface area contributed by atoms with Crippen molar-refractivity contribution >= 4 is 42.2 Å². The summed E-state index contributed by atoms with van der Waals surface area (Å²) in [4.78, 5) is 27.8. The van der Waals surface area contributed by atoms with Crippen LogP contribution in [0.2, 0.25) is 0 Å². The molecule has 2 N–H and O–H groups in total. The minimum absolute atomic E-state index is 0.0181. The molecule has 0 aromatic carbocycles. The SMILES string of the molecule is CPOCCCCCCNC(=O)CCOCCOCCOCCOCCOCCC(=O)NCCSSc1ccccn1. The molecular formula is C28H50N3O8PS2. The Morgan fingerprint density at radius 3 is 1.81 bits per heavy atom. The number of nitrogens with zero attached hydrogens (tertiary/aromatic N) is 1. The smallest absolute Gasteiger partial charge is 0.222 e. The van der Waals surface area contributed by atoms with Gasteiger partial charge in [0.15, 0.2) is 0 Å². The second-order valence-electron chi connectivity index (χ2n) is 8.80. The van der Waals surface area contributed by atoms with E-state index in [1.807, 2.05) is 24.9 Å². The van der Waals surface area contributed by atoms with E-state index in [2.05, 4.69) is 15.6 Å². The highest BCUT2D eigenvalue weighted by atomic mass is 33.1. The second-order valence-corrected chi connectivity index (χ2v) is 11.9. The number of aromatic nitrogens is 1. The third-order valence-electron chi connectivity index (χ3n) is 5.36. The number of amides is 2. The molecule has 0 aliphatic heterocycles. The van der Waals surface area contributed by atoms with E-state index in [4.69, 9.17) is 28.2 Å². The van der Waals surface area contributed by atoms with Gasteiger partial charge in [-0.1, -0.05) is 29.7 Å². The molecule has 0 aliphatic rings. The molecular weight excluding hydrogens is 601 g/mol. The lowest BCUT2D eigenvalue weighted by Crippen LogP contribution is -2.26. The fraction of sp³-hybridized carbons (Fsp3) is 0.750. The van der Waals surface area contributed by atoms with Gasteiger partial charge in [-0.05, 0) is 42.4 Å². The first-order valence-electron chi connectivity index (χ1n) is 14.6. The predicted octanol–water partition coefficient (Wildman–Crippen LogP) is 3.72. The van der Waals surface area contributed by atoms with Gasteiger partial charge >= 0.3 is 0 Å². The minimum atomic E-state index is -0.0181. The van der Waals surface area contributed by atoms with E-state index in [0.29, 0.717) is 101 Å². The van der Waals surface area contributed by atoms with Crippen LogP contribution in [0.5, 0.6) is 0 Å². The molecule has 11 nitrogen and oxygen atoms in total. The van der Waals surface area contributed by atoms with Gasteiger partial charge in [-0.25, -0.2) is 4.98 Å². The first-order chi connectivity index (χ1) is 20.7. The third-order valence-corrected chi connectivity index (χ3v) is 8.12. The van der Waals surface area contributed by atoms with Crippen LogP contribution in [0.15, 0.2) is 29.4 Å². The highest BCUT2D eigenvalue weighted by molar-refractivity contribution is 8.76. The Morgan fingerprint density at radius 1 is 0.714 bits per heavy atom. The lowest BCUT2D eigenvalue weighted by molar-refractivity contribution is -0.123. The topological polar surface area (TPSA) is 126 Å². The summed E-state index contributed by atoms with van der Waals surface area (Å²) in [7, 11) is 3.82. The normalized spacial score (nSPS) is 11.4. The lowest BCUT2D eigenvalue weighted by Gasteiger charge is -2.08. The predicted molar refractivity (Wildman–Crippen MR) is 171 cm³/mol. The van der Waals surface area contributed by atoms with E-state index in [1.54, 1.807) is 27.8 Å². The van der Waals surface area contributed by atoms with Crippen LogP contribution in [-0.4, -0.2) is 115 Å². The molecule has 0 saturated heterocycles. The number of nitrogens with one attached hydrogen (secondary N) is 2. The first-order valence-corrected chi connectivity index (χ1v) is 18.4. The number of ether oxygens (including phenoxy) is 5. The largest absolute Gasteiger partial charge is 0.379 e. The van der Waals surface area contributed by atoms with Crippen LogP contribution in [0.3, 0.4) is 0 Å². The summed E-state index contributed by atoms with van der Waals surface area (Å²) < 4.78 is 32.6. The summed E-state index contributed by atoms with van der Waals surface area (Å²) in [5, 5.41) is 6.77. The Kier molecular flexibility index (Phi) is 29.2. The van der Waals surface area contributed by atoms with Crippen LogP contribution < -0.4 is 10.6 Å². The Balaban J connectivity index is 1.71. The number of hydrogen-bond donors (Lipinski definition) is 2. The molecule has 0 saturated carbocycles. The minimum Gasteiger partial charge on any atom is -0.379 e. The van der Waals surface area contributed by atoms with Crippen molar-refractivity contribution < 1.29 is 37.8 Å². The van der Waals surface area contributed by atoms with Crippen molar-refractivity contribution in [2.75, 3.05) is 98.2 Å². The van der Waals surface area contributed by atoms with E-state index in [9.17, 15) is 9.59 Å². The highest BCUT2D eigenvalue weighted by Gasteiger charge is 2.03. The van der Waals surface area contributed by atoms with Crippen molar-refractivity contribution in [1.29, 1.82) is 0 Å². The molecule has 1 heterocycles. The van der Waals surface area contributed by atoms with E-state index in [0.717, 1.165) is 43.1 Å². The van der Waals surface area contributed by atoms with E-state index >= 15 is 0 Å². The molecule has 1 rings (SSSR count). The van der Waals surface area contributed by atoms with Gasteiger partial charge in [-0.2, -0.15) is 0 Å². The van der Waals surface area contributed by atoms with Crippen LogP contribution in [0.4, 0.5) is 0 Å². The third kappa shape index (κ3) is 27.8. The summed E-state index contributed by atoms with van der Waals surface area (Å²) in [6.45, 7) is 8.64. The number of hydrogen-bond acceptors (Lipinski definition) is 11. The van der Waals surface area contributed by atoms with Crippen molar-refractivity contribution in [3.05, 3.63) is 24.4 Å². The van der Waals surface area contributed by atoms with Crippen molar-refractivity contribution in [2.45, 2.75) is 43.6 Å². The summed E-state index contributed by atoms with van der Waals surface area (Å²) in [5.74, 6) is 0.813. The molecule has 0 aliphatic carbocycles. The average Bonchev–Trinajstić information content (AvgIpc) is 3.00. The quantitative estimate of drug-likeness (QED) is 0.0693. The Hall–Kier alpha value is -1.02. The van der Waals surface area contributed by atoms with Crippen molar-refractivity contribution in [3.63, 3.8) is 0 Å². The fourth-order valence-electron chi connectivity index (χ4n) is 3.20. The zero-order valence-electron chi connectivity index (χ0n) is 25.0. The summed E-state index contributed by atoms with van der Waals surface area (Å²) >= 11 is 0. The van der Waals surface area contributed by atoms with Crippen LogP contribution >= 0.6 is 30.4 Å². The first kappa shape index (κ1) is 39.0. The molecule has 2 amide bonds. The number of carbonyl (C=O) groups is 2. The molecule has 0 bridgehead atoms. The highest BCUT2D eigenvalue weighted by Crippen LogP contribution is 2.28. The summed E-state index contributed by atoms with van der Waals surface area (Å²) in [6, 6.07) is 5.80. The van der Waals surface area contributed by atoms with Crippen LogP contribution in [-0.2, 0) is 37.8 Å². The van der Waals surface area contributed by atoms with Crippen molar-refractivity contribution in [2.24, 2.45) is 0 Å². The van der Waals surface area contributed by atoms with Gasteiger partial charge in [0.1, 0.15) is 5.03 Å². The fourth-order valence-corrected chi connectivity index (χ4v) is 5.34. The summed E-state index contributed by atoms with van der Waals surface area (Å²) in [5.41, 5.74) is 0. The average molecular weight is 652 g/mol. The Labute approximate surface area is 261 Å². The van der Waals surface area contributed by atoms with Crippen LogP contribution in [0, 0.1) is 0 Å². The molecule has 1 unspecified atom stereocenters. The van der Waals surface area contributed by atoms with Gasteiger partial charge in [-0.3, -0.25) is 9.59 Å². The maximum Gasteiger partial charge on any atom is 0.222 e. The Bertz CT molecular complexity index is 759. The summed E-state index contributed by atoms with van der Waals surface area (Å²) in [6.07, 6.45) is 6.78.